The number of carbonyl (C=O) groups is 1. The molecule has 98 valence electrons. The topological polar surface area (TPSA) is 80.5 Å². The van der Waals surface area contributed by atoms with Crippen molar-refractivity contribution >= 4 is 15.9 Å². The van der Waals surface area contributed by atoms with Crippen LogP contribution in [0.2, 0.25) is 0 Å². The molecule has 0 spiro atoms. The van der Waals surface area contributed by atoms with Gasteiger partial charge >= 0.3 is 0 Å². The lowest BCUT2D eigenvalue weighted by molar-refractivity contribution is -0.121. The first-order valence-corrected chi connectivity index (χ1v) is 7.25. The Hall–Kier alpha value is -1.40. The lowest BCUT2D eigenvalue weighted by atomic mass is 10.2. The molecule has 1 heterocycles. The summed E-state index contributed by atoms with van der Waals surface area (Å²) in [7, 11) is -3.63. The predicted molar refractivity (Wildman–Crippen MR) is 67.3 cm³/mol. The van der Waals surface area contributed by atoms with Crippen LogP contribution < -0.4 is 5.73 Å². The van der Waals surface area contributed by atoms with Crippen LogP contribution in [0.3, 0.4) is 0 Å². The van der Waals surface area contributed by atoms with Crippen molar-refractivity contribution in [3.63, 3.8) is 0 Å². The van der Waals surface area contributed by atoms with Crippen molar-refractivity contribution in [2.24, 2.45) is 5.73 Å². The molecule has 1 aromatic carbocycles. The normalized spacial score (nSPS) is 21.1. The molecule has 0 radical (unpaired) electrons. The minimum Gasteiger partial charge on any atom is -0.368 e. The zero-order chi connectivity index (χ0) is 13.3. The molecule has 5 nitrogen and oxygen atoms in total. The highest BCUT2D eigenvalue weighted by molar-refractivity contribution is 7.89. The summed E-state index contributed by atoms with van der Waals surface area (Å²) in [4.78, 5) is 11.5. The zero-order valence-corrected chi connectivity index (χ0v) is 11.0. The number of hydrogen-bond acceptors (Lipinski definition) is 3. The van der Waals surface area contributed by atoms with E-state index in [-0.39, 0.29) is 4.90 Å². The summed E-state index contributed by atoms with van der Waals surface area (Å²) in [5, 5.41) is 0. The lowest BCUT2D eigenvalue weighted by Crippen LogP contribution is -2.43. The number of sulfonamides is 1. The molecule has 6 heteroatoms. The second kappa shape index (κ2) is 4.70. The van der Waals surface area contributed by atoms with Gasteiger partial charge in [-0.15, -0.1) is 0 Å². The maximum absolute atomic E-state index is 12.5. The monoisotopic (exact) mass is 268 g/mol. The summed E-state index contributed by atoms with van der Waals surface area (Å²) < 4.78 is 26.2. The first kappa shape index (κ1) is 13.0. The Morgan fingerprint density at radius 3 is 2.67 bits per heavy atom. The third-order valence-electron chi connectivity index (χ3n) is 3.21. The third kappa shape index (κ3) is 2.13. The minimum absolute atomic E-state index is 0.248. The quantitative estimate of drug-likeness (QED) is 0.873. The van der Waals surface area contributed by atoms with Gasteiger partial charge in [0.25, 0.3) is 0 Å². The van der Waals surface area contributed by atoms with E-state index in [2.05, 4.69) is 0 Å². The van der Waals surface area contributed by atoms with E-state index in [1.54, 1.807) is 31.2 Å². The van der Waals surface area contributed by atoms with Gasteiger partial charge in [0.2, 0.25) is 15.9 Å². The predicted octanol–water partition coefficient (Wildman–Crippen LogP) is 0.633. The van der Waals surface area contributed by atoms with E-state index < -0.39 is 22.0 Å². The highest BCUT2D eigenvalue weighted by Gasteiger charge is 2.38. The van der Waals surface area contributed by atoms with Crippen LogP contribution in [0, 0.1) is 6.92 Å². The van der Waals surface area contributed by atoms with Crippen LogP contribution in [0.15, 0.2) is 29.2 Å². The van der Waals surface area contributed by atoms with Gasteiger partial charge in [-0.3, -0.25) is 4.79 Å². The average molecular weight is 268 g/mol. The number of aryl methyl sites for hydroxylation is 1. The third-order valence-corrected chi connectivity index (χ3v) is 5.28. The van der Waals surface area contributed by atoms with E-state index >= 15 is 0 Å². The van der Waals surface area contributed by atoms with Crippen LogP contribution in [-0.2, 0) is 14.8 Å². The van der Waals surface area contributed by atoms with Gasteiger partial charge in [-0.2, -0.15) is 4.31 Å². The lowest BCUT2D eigenvalue weighted by Gasteiger charge is -2.22. The molecule has 0 unspecified atom stereocenters. The van der Waals surface area contributed by atoms with E-state index in [1.807, 2.05) is 0 Å². The van der Waals surface area contributed by atoms with Crippen molar-refractivity contribution in [1.29, 1.82) is 0 Å². The number of rotatable bonds is 3. The molecular formula is C12H16N2O3S. The molecule has 0 aliphatic carbocycles. The maximum atomic E-state index is 12.5. The number of primary amides is 1. The van der Waals surface area contributed by atoms with E-state index in [9.17, 15) is 13.2 Å². The first-order chi connectivity index (χ1) is 8.44. The van der Waals surface area contributed by atoms with Crippen LogP contribution in [0.25, 0.3) is 0 Å². The van der Waals surface area contributed by atoms with Crippen LogP contribution in [0.1, 0.15) is 18.4 Å². The Kier molecular flexibility index (Phi) is 3.41. The summed E-state index contributed by atoms with van der Waals surface area (Å²) in [5.74, 6) is -0.579. The average Bonchev–Trinajstić information content (AvgIpc) is 2.78. The van der Waals surface area contributed by atoms with E-state index in [4.69, 9.17) is 5.73 Å². The van der Waals surface area contributed by atoms with Gasteiger partial charge in [0.15, 0.2) is 0 Å². The minimum atomic E-state index is -3.63. The Morgan fingerprint density at radius 1 is 1.39 bits per heavy atom. The Balaban J connectivity index is 2.43. The molecule has 0 saturated carbocycles. The van der Waals surface area contributed by atoms with Gasteiger partial charge in [-0.1, -0.05) is 18.2 Å². The van der Waals surface area contributed by atoms with Gasteiger partial charge in [0.05, 0.1) is 4.90 Å². The second-order valence-corrected chi connectivity index (χ2v) is 6.30. The fourth-order valence-corrected chi connectivity index (χ4v) is 4.18. The summed E-state index contributed by atoms with van der Waals surface area (Å²) >= 11 is 0. The number of hydrogen-bond donors (Lipinski definition) is 1. The smallest absolute Gasteiger partial charge is 0.244 e. The largest absolute Gasteiger partial charge is 0.368 e. The van der Waals surface area contributed by atoms with Crippen molar-refractivity contribution in [3.8, 4) is 0 Å². The van der Waals surface area contributed by atoms with Gasteiger partial charge in [-0.05, 0) is 31.4 Å². The number of amides is 1. The molecule has 2 rings (SSSR count). The Morgan fingerprint density at radius 2 is 2.06 bits per heavy atom. The zero-order valence-electron chi connectivity index (χ0n) is 10.2. The summed E-state index contributed by atoms with van der Waals surface area (Å²) in [6.07, 6.45) is 1.17. The van der Waals surface area contributed by atoms with Crippen molar-refractivity contribution in [2.45, 2.75) is 30.7 Å². The second-order valence-electron chi connectivity index (χ2n) is 4.44. The highest BCUT2D eigenvalue weighted by atomic mass is 32.2. The maximum Gasteiger partial charge on any atom is 0.244 e. The van der Waals surface area contributed by atoms with Crippen molar-refractivity contribution in [3.05, 3.63) is 29.8 Å². The standard InChI is InChI=1S/C12H16N2O3S/c1-9-5-2-3-7-11(9)18(16,17)14-8-4-6-10(14)12(13)15/h2-3,5,7,10H,4,6,8H2,1H3,(H2,13,15)/t10-/m0/s1. The number of benzene rings is 1. The fourth-order valence-electron chi connectivity index (χ4n) is 2.28. The van der Waals surface area contributed by atoms with E-state index in [0.29, 0.717) is 24.9 Å². The van der Waals surface area contributed by atoms with E-state index in [1.165, 1.54) is 4.31 Å². The van der Waals surface area contributed by atoms with Crippen molar-refractivity contribution in [1.82, 2.24) is 4.31 Å². The molecule has 1 fully saturated rings. The highest BCUT2D eigenvalue weighted by Crippen LogP contribution is 2.27. The van der Waals surface area contributed by atoms with Gasteiger partial charge in [0.1, 0.15) is 6.04 Å². The molecule has 2 N–H and O–H groups in total. The van der Waals surface area contributed by atoms with Crippen molar-refractivity contribution < 1.29 is 13.2 Å². The van der Waals surface area contributed by atoms with Gasteiger partial charge in [0, 0.05) is 6.54 Å². The number of carbonyl (C=O) groups excluding carboxylic acids is 1. The molecule has 0 bridgehead atoms. The molecule has 1 aliphatic rings. The van der Waals surface area contributed by atoms with Crippen LogP contribution in [0.4, 0.5) is 0 Å². The summed E-state index contributed by atoms with van der Waals surface area (Å²) in [6, 6.07) is 6.04. The van der Waals surface area contributed by atoms with Crippen LogP contribution in [0.5, 0.6) is 0 Å². The van der Waals surface area contributed by atoms with Gasteiger partial charge < -0.3 is 5.73 Å². The first-order valence-electron chi connectivity index (χ1n) is 5.81. The summed E-state index contributed by atoms with van der Waals surface area (Å²) in [5.41, 5.74) is 5.93. The number of nitrogens with two attached hydrogens (primary N) is 1. The molecule has 1 saturated heterocycles. The molecular weight excluding hydrogens is 252 g/mol. The molecule has 1 atom stereocenters. The fraction of sp³-hybridized carbons (Fsp3) is 0.417. The van der Waals surface area contributed by atoms with Crippen LogP contribution >= 0.6 is 0 Å². The Bertz CT molecular complexity index is 568. The van der Waals surface area contributed by atoms with E-state index in [0.717, 1.165) is 0 Å². The van der Waals surface area contributed by atoms with Crippen molar-refractivity contribution in [2.75, 3.05) is 6.54 Å². The molecule has 0 aromatic heterocycles. The van der Waals surface area contributed by atoms with Gasteiger partial charge in [-0.25, -0.2) is 8.42 Å². The molecule has 1 aromatic rings. The molecule has 1 aliphatic heterocycles. The SMILES string of the molecule is Cc1ccccc1S(=O)(=O)N1CCC[C@H]1C(N)=O. The van der Waals surface area contributed by atoms with Crippen LogP contribution in [-0.4, -0.2) is 31.2 Å². The molecule has 18 heavy (non-hydrogen) atoms. The number of nitrogens with zero attached hydrogens (tertiary/aromatic N) is 1. The Labute approximate surface area is 107 Å². The molecule has 1 amide bonds. The summed E-state index contributed by atoms with van der Waals surface area (Å²) in [6.45, 7) is 2.09.